The largest absolute Gasteiger partial charge is 0.491 e. The van der Waals surface area contributed by atoms with Gasteiger partial charge in [-0.15, -0.1) is 0 Å². The number of piperidine rings is 1. The summed E-state index contributed by atoms with van der Waals surface area (Å²) in [6, 6.07) is 3.40. The van der Waals surface area contributed by atoms with E-state index >= 15 is 0 Å². The zero-order valence-corrected chi connectivity index (χ0v) is 14.7. The van der Waals surface area contributed by atoms with Crippen LogP contribution < -0.4 is 10.1 Å². The van der Waals surface area contributed by atoms with Gasteiger partial charge in [0.2, 0.25) is 11.8 Å². The standard InChI is InChI=1S/C16H16N2O7S/c1-26(23)25-7-6-24-9-2-3-10-11(8-9)16(22)18(15(10)21)12-4-5-13(19)17-14(12)20/h2-3,8,12H,4-7H2,1H3,(H,17,19,20). The lowest BCUT2D eigenvalue weighted by molar-refractivity contribution is -0.136. The number of hydrogen-bond donors (Lipinski definition) is 1. The van der Waals surface area contributed by atoms with E-state index in [0.29, 0.717) is 5.75 Å². The first-order valence-electron chi connectivity index (χ1n) is 7.83. The lowest BCUT2D eigenvalue weighted by Gasteiger charge is -2.27. The van der Waals surface area contributed by atoms with Gasteiger partial charge in [-0.3, -0.25) is 33.6 Å². The maximum absolute atomic E-state index is 12.6. The predicted octanol–water partition coefficient (Wildman–Crippen LogP) is -0.223. The van der Waals surface area contributed by atoms with Crippen molar-refractivity contribution in [3.05, 3.63) is 29.3 Å². The Labute approximate surface area is 151 Å². The van der Waals surface area contributed by atoms with Gasteiger partial charge in [-0.1, -0.05) is 0 Å². The molecule has 1 fully saturated rings. The Bertz CT molecular complexity index is 823. The SMILES string of the molecule is CS(=O)OCCOc1ccc2c(c1)C(=O)N(C1CCC(=O)NC1=O)C2=O. The van der Waals surface area contributed by atoms with Crippen molar-refractivity contribution in [1.29, 1.82) is 0 Å². The van der Waals surface area contributed by atoms with Crippen molar-refractivity contribution in [3.63, 3.8) is 0 Å². The van der Waals surface area contributed by atoms with Crippen LogP contribution in [0, 0.1) is 0 Å². The zero-order valence-electron chi connectivity index (χ0n) is 13.9. The molecule has 10 heteroatoms. The van der Waals surface area contributed by atoms with Crippen LogP contribution in [0.4, 0.5) is 0 Å². The van der Waals surface area contributed by atoms with E-state index in [2.05, 4.69) is 5.32 Å². The molecule has 0 bridgehead atoms. The van der Waals surface area contributed by atoms with Crippen LogP contribution in [0.5, 0.6) is 5.75 Å². The Kier molecular flexibility index (Phi) is 5.14. The molecule has 1 aromatic carbocycles. The molecule has 138 valence electrons. The molecule has 2 atom stereocenters. The second-order valence-electron chi connectivity index (χ2n) is 5.73. The van der Waals surface area contributed by atoms with Gasteiger partial charge in [-0.2, -0.15) is 0 Å². The minimum absolute atomic E-state index is 0.0664. The fourth-order valence-corrected chi connectivity index (χ4v) is 3.15. The number of hydrogen-bond acceptors (Lipinski definition) is 7. The van der Waals surface area contributed by atoms with Gasteiger partial charge in [-0.05, 0) is 24.6 Å². The highest BCUT2D eigenvalue weighted by Crippen LogP contribution is 2.30. The van der Waals surface area contributed by atoms with Crippen LogP contribution in [-0.2, 0) is 24.9 Å². The second-order valence-corrected chi connectivity index (χ2v) is 6.76. The number of ether oxygens (including phenoxy) is 1. The zero-order chi connectivity index (χ0) is 18.8. The molecule has 2 heterocycles. The summed E-state index contributed by atoms with van der Waals surface area (Å²) >= 11 is -1.39. The Balaban J connectivity index is 1.74. The van der Waals surface area contributed by atoms with Gasteiger partial charge in [0.25, 0.3) is 11.8 Å². The van der Waals surface area contributed by atoms with Crippen molar-refractivity contribution in [2.45, 2.75) is 18.9 Å². The lowest BCUT2D eigenvalue weighted by atomic mass is 10.0. The van der Waals surface area contributed by atoms with Crippen molar-refractivity contribution in [3.8, 4) is 5.75 Å². The van der Waals surface area contributed by atoms with Crippen LogP contribution in [0.25, 0.3) is 0 Å². The van der Waals surface area contributed by atoms with E-state index in [1.54, 1.807) is 0 Å². The Hall–Kier alpha value is -2.59. The van der Waals surface area contributed by atoms with Gasteiger partial charge in [-0.25, -0.2) is 4.21 Å². The summed E-state index contributed by atoms with van der Waals surface area (Å²) in [5.74, 6) is -1.90. The first-order valence-corrected chi connectivity index (χ1v) is 9.32. The Morgan fingerprint density at radius 3 is 2.58 bits per heavy atom. The quantitative estimate of drug-likeness (QED) is 0.535. The van der Waals surface area contributed by atoms with Gasteiger partial charge < -0.3 is 4.74 Å². The van der Waals surface area contributed by atoms with Gasteiger partial charge >= 0.3 is 0 Å². The number of rotatable bonds is 6. The second kappa shape index (κ2) is 7.34. The van der Waals surface area contributed by atoms with E-state index in [-0.39, 0.29) is 37.2 Å². The molecular formula is C16H16N2O7S. The summed E-state index contributed by atoms with van der Waals surface area (Å²) in [7, 11) is 0. The third kappa shape index (κ3) is 3.51. The highest BCUT2D eigenvalue weighted by atomic mass is 32.2. The van der Waals surface area contributed by atoms with Crippen molar-refractivity contribution < 1.29 is 32.3 Å². The Morgan fingerprint density at radius 2 is 1.88 bits per heavy atom. The molecule has 1 aromatic rings. The number of fused-ring (bicyclic) bond motifs is 1. The van der Waals surface area contributed by atoms with Crippen molar-refractivity contribution >= 4 is 34.7 Å². The molecule has 0 radical (unpaired) electrons. The molecule has 0 spiro atoms. The van der Waals surface area contributed by atoms with E-state index < -0.39 is 40.8 Å². The van der Waals surface area contributed by atoms with Gasteiger partial charge in [0.15, 0.2) is 11.1 Å². The molecule has 9 nitrogen and oxygen atoms in total. The molecule has 1 N–H and O–H groups in total. The minimum Gasteiger partial charge on any atom is -0.491 e. The molecule has 26 heavy (non-hydrogen) atoms. The molecular weight excluding hydrogens is 364 g/mol. The number of nitrogens with one attached hydrogen (secondary N) is 1. The monoisotopic (exact) mass is 380 g/mol. The third-order valence-electron chi connectivity index (χ3n) is 4.01. The van der Waals surface area contributed by atoms with Gasteiger partial charge in [0, 0.05) is 12.7 Å². The first kappa shape index (κ1) is 18.2. The summed E-state index contributed by atoms with van der Waals surface area (Å²) in [6.07, 6.45) is 1.56. The van der Waals surface area contributed by atoms with Crippen LogP contribution >= 0.6 is 0 Å². The van der Waals surface area contributed by atoms with Crippen molar-refractivity contribution in [1.82, 2.24) is 10.2 Å². The minimum atomic E-state index is -1.39. The van der Waals surface area contributed by atoms with E-state index in [1.165, 1.54) is 24.5 Å². The van der Waals surface area contributed by atoms with Crippen LogP contribution in [0.1, 0.15) is 33.6 Å². The lowest BCUT2D eigenvalue weighted by Crippen LogP contribution is -2.54. The summed E-state index contributed by atoms with van der Waals surface area (Å²) in [6.45, 7) is 0.229. The molecule has 2 unspecified atom stereocenters. The first-order chi connectivity index (χ1) is 12.4. The number of carbonyl (C=O) groups excluding carboxylic acids is 4. The number of imide groups is 2. The maximum Gasteiger partial charge on any atom is 0.262 e. The molecule has 4 amide bonds. The number of benzene rings is 1. The summed E-state index contributed by atoms with van der Waals surface area (Å²) in [5.41, 5.74) is 0.315. The summed E-state index contributed by atoms with van der Waals surface area (Å²) in [5, 5.41) is 2.14. The highest BCUT2D eigenvalue weighted by molar-refractivity contribution is 7.79. The fraction of sp³-hybridized carbons (Fsp3) is 0.375. The van der Waals surface area contributed by atoms with E-state index in [4.69, 9.17) is 8.92 Å². The van der Waals surface area contributed by atoms with Crippen molar-refractivity contribution in [2.75, 3.05) is 19.5 Å². The molecule has 0 aromatic heterocycles. The average Bonchev–Trinajstić information content (AvgIpc) is 2.83. The van der Waals surface area contributed by atoms with Crippen LogP contribution in [0.3, 0.4) is 0 Å². The van der Waals surface area contributed by atoms with Gasteiger partial charge in [0.1, 0.15) is 18.4 Å². The fourth-order valence-electron chi connectivity index (χ4n) is 2.85. The molecule has 1 saturated heterocycles. The Morgan fingerprint density at radius 1 is 1.15 bits per heavy atom. The van der Waals surface area contributed by atoms with Crippen molar-refractivity contribution in [2.24, 2.45) is 0 Å². The van der Waals surface area contributed by atoms with Crippen LogP contribution in [0.15, 0.2) is 18.2 Å². The number of carbonyl (C=O) groups is 4. The van der Waals surface area contributed by atoms with Crippen LogP contribution in [-0.4, -0.2) is 58.2 Å². The number of amides is 4. The van der Waals surface area contributed by atoms with E-state index in [1.807, 2.05) is 0 Å². The summed E-state index contributed by atoms with van der Waals surface area (Å²) < 4.78 is 21.1. The molecule has 2 aliphatic rings. The summed E-state index contributed by atoms with van der Waals surface area (Å²) in [4.78, 5) is 49.3. The smallest absolute Gasteiger partial charge is 0.262 e. The predicted molar refractivity (Wildman–Crippen MR) is 88.6 cm³/mol. The highest BCUT2D eigenvalue weighted by Gasteiger charge is 2.44. The molecule has 3 rings (SSSR count). The normalized spacial score (nSPS) is 20.8. The average molecular weight is 380 g/mol. The molecule has 0 aliphatic carbocycles. The third-order valence-corrected chi connectivity index (χ3v) is 4.51. The maximum atomic E-state index is 12.6. The number of nitrogens with zero attached hydrogens (tertiary/aromatic N) is 1. The van der Waals surface area contributed by atoms with Gasteiger partial charge in [0.05, 0.1) is 17.7 Å². The van der Waals surface area contributed by atoms with E-state index in [9.17, 15) is 23.4 Å². The van der Waals surface area contributed by atoms with Crippen LogP contribution in [0.2, 0.25) is 0 Å². The molecule has 0 saturated carbocycles. The topological polar surface area (TPSA) is 119 Å². The van der Waals surface area contributed by atoms with E-state index in [0.717, 1.165) is 4.90 Å². The molecule has 2 aliphatic heterocycles.